The Morgan fingerprint density at radius 1 is 1.00 bits per heavy atom. The second-order valence-corrected chi connectivity index (χ2v) is 5.84. The van der Waals surface area contributed by atoms with Gasteiger partial charge in [0.25, 0.3) is 5.91 Å². The number of carbonyl (C=O) groups is 2. The lowest BCUT2D eigenvalue weighted by molar-refractivity contribution is 0.0949. The van der Waals surface area contributed by atoms with Gasteiger partial charge in [-0.05, 0) is 47.9 Å². The Kier molecular flexibility index (Phi) is 6.31. The lowest BCUT2D eigenvalue weighted by Gasteiger charge is -2.10. The lowest BCUT2D eigenvalue weighted by atomic mass is 10.1. The maximum atomic E-state index is 11.9. The first-order chi connectivity index (χ1) is 11.5. The summed E-state index contributed by atoms with van der Waals surface area (Å²) in [4.78, 5) is 27.7. The standard InChI is InChI=1S/C18H22N4O2/c1-13(2)11-20-17(23)15-3-5-16(6-4-15)22-18(24)21-12-14-7-9-19-10-8-14/h3-10,13H,11-12H2,1-2H3,(H,20,23)(H2,21,22,24). The number of amides is 3. The molecule has 1 aromatic carbocycles. The summed E-state index contributed by atoms with van der Waals surface area (Å²) in [5, 5.41) is 8.34. The van der Waals surface area contributed by atoms with Gasteiger partial charge in [-0.25, -0.2) is 4.79 Å². The Bertz CT molecular complexity index is 669. The Balaban J connectivity index is 1.82. The Hall–Kier alpha value is -2.89. The van der Waals surface area contributed by atoms with Gasteiger partial charge < -0.3 is 16.0 Å². The fourth-order valence-electron chi connectivity index (χ4n) is 1.96. The molecule has 0 unspecified atom stereocenters. The van der Waals surface area contributed by atoms with Crippen LogP contribution in [0, 0.1) is 5.92 Å². The smallest absolute Gasteiger partial charge is 0.319 e. The Morgan fingerprint density at radius 3 is 2.29 bits per heavy atom. The van der Waals surface area contributed by atoms with Crippen LogP contribution in [0.15, 0.2) is 48.8 Å². The molecule has 0 aliphatic rings. The molecule has 24 heavy (non-hydrogen) atoms. The van der Waals surface area contributed by atoms with Gasteiger partial charge in [0.2, 0.25) is 0 Å². The molecule has 0 bridgehead atoms. The summed E-state index contributed by atoms with van der Waals surface area (Å²) in [7, 11) is 0. The van der Waals surface area contributed by atoms with Crippen molar-refractivity contribution in [3.63, 3.8) is 0 Å². The molecule has 0 atom stereocenters. The van der Waals surface area contributed by atoms with E-state index in [-0.39, 0.29) is 11.9 Å². The number of benzene rings is 1. The van der Waals surface area contributed by atoms with Crippen LogP contribution in [0.25, 0.3) is 0 Å². The number of nitrogens with zero attached hydrogens (tertiary/aromatic N) is 1. The molecule has 126 valence electrons. The van der Waals surface area contributed by atoms with Crippen molar-refractivity contribution in [2.45, 2.75) is 20.4 Å². The highest BCUT2D eigenvalue weighted by molar-refractivity contribution is 5.95. The average Bonchev–Trinajstić information content (AvgIpc) is 2.59. The number of hydrogen-bond acceptors (Lipinski definition) is 3. The molecule has 3 N–H and O–H groups in total. The van der Waals surface area contributed by atoms with Gasteiger partial charge in [0, 0.05) is 36.7 Å². The molecule has 6 heteroatoms. The van der Waals surface area contributed by atoms with E-state index >= 15 is 0 Å². The summed E-state index contributed by atoms with van der Waals surface area (Å²) in [5.74, 6) is 0.288. The van der Waals surface area contributed by atoms with E-state index in [0.29, 0.717) is 30.3 Å². The lowest BCUT2D eigenvalue weighted by Crippen LogP contribution is -2.28. The van der Waals surface area contributed by atoms with Crippen LogP contribution in [0.5, 0.6) is 0 Å². The van der Waals surface area contributed by atoms with E-state index in [1.54, 1.807) is 36.7 Å². The monoisotopic (exact) mass is 326 g/mol. The van der Waals surface area contributed by atoms with Crippen LogP contribution in [0.4, 0.5) is 10.5 Å². The number of carbonyl (C=O) groups excluding carboxylic acids is 2. The van der Waals surface area contributed by atoms with E-state index in [1.807, 2.05) is 26.0 Å². The van der Waals surface area contributed by atoms with Crippen molar-refractivity contribution in [3.8, 4) is 0 Å². The predicted octanol–water partition coefficient (Wildman–Crippen LogP) is 2.79. The number of hydrogen-bond donors (Lipinski definition) is 3. The average molecular weight is 326 g/mol. The number of aromatic nitrogens is 1. The minimum absolute atomic E-state index is 0.114. The van der Waals surface area contributed by atoms with Crippen molar-refractivity contribution in [2.24, 2.45) is 5.92 Å². The highest BCUT2D eigenvalue weighted by Gasteiger charge is 2.07. The molecule has 2 rings (SSSR count). The van der Waals surface area contributed by atoms with Gasteiger partial charge in [-0.15, -0.1) is 0 Å². The molecule has 0 saturated heterocycles. The van der Waals surface area contributed by atoms with Crippen molar-refractivity contribution < 1.29 is 9.59 Å². The Labute approximate surface area is 141 Å². The molecule has 0 fully saturated rings. The number of anilines is 1. The van der Waals surface area contributed by atoms with Crippen LogP contribution in [-0.2, 0) is 6.54 Å². The van der Waals surface area contributed by atoms with Crippen molar-refractivity contribution in [2.75, 3.05) is 11.9 Å². The van der Waals surface area contributed by atoms with Crippen molar-refractivity contribution in [1.29, 1.82) is 0 Å². The van der Waals surface area contributed by atoms with E-state index in [4.69, 9.17) is 0 Å². The van der Waals surface area contributed by atoms with Gasteiger partial charge in [-0.3, -0.25) is 9.78 Å². The van der Waals surface area contributed by atoms with Crippen LogP contribution < -0.4 is 16.0 Å². The quantitative estimate of drug-likeness (QED) is 0.763. The van der Waals surface area contributed by atoms with Crippen molar-refractivity contribution >= 4 is 17.6 Å². The third-order valence-electron chi connectivity index (χ3n) is 3.28. The molecule has 3 amide bonds. The van der Waals surface area contributed by atoms with Gasteiger partial charge >= 0.3 is 6.03 Å². The summed E-state index contributed by atoms with van der Waals surface area (Å²) in [6, 6.07) is 10.2. The van der Waals surface area contributed by atoms with E-state index in [9.17, 15) is 9.59 Å². The summed E-state index contributed by atoms with van der Waals surface area (Å²) >= 11 is 0. The molecular weight excluding hydrogens is 304 g/mol. The topological polar surface area (TPSA) is 83.1 Å². The summed E-state index contributed by atoms with van der Waals surface area (Å²) in [6.07, 6.45) is 3.36. The predicted molar refractivity (Wildman–Crippen MR) is 93.7 cm³/mol. The zero-order chi connectivity index (χ0) is 17.4. The Morgan fingerprint density at radius 2 is 1.67 bits per heavy atom. The molecule has 0 spiro atoms. The fraction of sp³-hybridized carbons (Fsp3) is 0.278. The summed E-state index contributed by atoms with van der Waals surface area (Å²) < 4.78 is 0. The number of rotatable bonds is 6. The molecule has 0 aliphatic carbocycles. The molecule has 2 aromatic rings. The van der Waals surface area contributed by atoms with E-state index < -0.39 is 0 Å². The normalized spacial score (nSPS) is 10.3. The first-order valence-corrected chi connectivity index (χ1v) is 7.86. The zero-order valence-corrected chi connectivity index (χ0v) is 13.9. The molecule has 0 aliphatic heterocycles. The molecule has 6 nitrogen and oxygen atoms in total. The van der Waals surface area contributed by atoms with Gasteiger partial charge in [-0.1, -0.05) is 13.8 Å². The van der Waals surface area contributed by atoms with Crippen LogP contribution >= 0.6 is 0 Å². The second-order valence-electron chi connectivity index (χ2n) is 5.84. The third-order valence-corrected chi connectivity index (χ3v) is 3.28. The zero-order valence-electron chi connectivity index (χ0n) is 13.9. The van der Waals surface area contributed by atoms with Crippen molar-refractivity contribution in [1.82, 2.24) is 15.6 Å². The molecule has 0 saturated carbocycles. The highest BCUT2D eigenvalue weighted by Crippen LogP contribution is 2.09. The van der Waals surface area contributed by atoms with Gasteiger partial charge in [0.15, 0.2) is 0 Å². The molecule has 0 radical (unpaired) electrons. The van der Waals surface area contributed by atoms with Gasteiger partial charge in [-0.2, -0.15) is 0 Å². The fourth-order valence-corrected chi connectivity index (χ4v) is 1.96. The second kappa shape index (κ2) is 8.67. The SMILES string of the molecule is CC(C)CNC(=O)c1ccc(NC(=O)NCc2ccncc2)cc1. The first kappa shape index (κ1) is 17.5. The minimum atomic E-state index is -0.302. The van der Waals surface area contributed by atoms with Gasteiger partial charge in [0.1, 0.15) is 0 Å². The van der Waals surface area contributed by atoms with Crippen LogP contribution in [-0.4, -0.2) is 23.5 Å². The first-order valence-electron chi connectivity index (χ1n) is 7.86. The van der Waals surface area contributed by atoms with E-state index in [0.717, 1.165) is 5.56 Å². The van der Waals surface area contributed by atoms with E-state index in [1.165, 1.54) is 0 Å². The number of pyridine rings is 1. The maximum absolute atomic E-state index is 11.9. The minimum Gasteiger partial charge on any atom is -0.352 e. The van der Waals surface area contributed by atoms with Gasteiger partial charge in [0.05, 0.1) is 0 Å². The largest absolute Gasteiger partial charge is 0.352 e. The van der Waals surface area contributed by atoms with Crippen LogP contribution in [0.3, 0.4) is 0 Å². The van der Waals surface area contributed by atoms with Crippen molar-refractivity contribution in [3.05, 3.63) is 59.9 Å². The third kappa shape index (κ3) is 5.72. The summed E-state index contributed by atoms with van der Waals surface area (Å²) in [5.41, 5.74) is 2.17. The summed E-state index contributed by atoms with van der Waals surface area (Å²) in [6.45, 7) is 5.13. The molecule has 1 aromatic heterocycles. The number of urea groups is 1. The highest BCUT2D eigenvalue weighted by atomic mass is 16.2. The van der Waals surface area contributed by atoms with Crippen LogP contribution in [0.1, 0.15) is 29.8 Å². The maximum Gasteiger partial charge on any atom is 0.319 e. The molecular formula is C18H22N4O2. The van der Waals surface area contributed by atoms with E-state index in [2.05, 4.69) is 20.9 Å². The van der Waals surface area contributed by atoms with Crippen LogP contribution in [0.2, 0.25) is 0 Å². The molecule has 1 heterocycles. The number of nitrogens with one attached hydrogen (secondary N) is 3.